The third-order valence-corrected chi connectivity index (χ3v) is 4.94. The van der Waals surface area contributed by atoms with Crippen LogP contribution in [0.2, 0.25) is 0 Å². The maximum atomic E-state index is 12.0. The molecular formula is C23H46NO5+. The fraction of sp³-hybridized carbons (Fsp3) is 0.913. The van der Waals surface area contributed by atoms with Crippen molar-refractivity contribution >= 4 is 11.9 Å². The number of nitrogens with zero attached hydrogens (tertiary/aromatic N) is 1. The average Bonchev–Trinajstić information content (AvgIpc) is 2.56. The SMILES string of the molecule is CCCCCCCCCCCCCCCC(=O)O[C@](O)(CC(=O)O)C[N+](C)(C)C. The molecule has 0 spiro atoms. The Labute approximate surface area is 178 Å². The highest BCUT2D eigenvalue weighted by molar-refractivity contribution is 5.72. The van der Waals surface area contributed by atoms with Crippen molar-refractivity contribution in [3.05, 3.63) is 0 Å². The zero-order valence-electron chi connectivity index (χ0n) is 19.4. The largest absolute Gasteiger partial charge is 0.481 e. The van der Waals surface area contributed by atoms with Gasteiger partial charge in [0.1, 0.15) is 13.0 Å². The minimum absolute atomic E-state index is 0.0314. The first-order valence-electron chi connectivity index (χ1n) is 11.5. The maximum absolute atomic E-state index is 12.0. The first kappa shape index (κ1) is 27.9. The minimum Gasteiger partial charge on any atom is -0.481 e. The zero-order chi connectivity index (χ0) is 22.2. The van der Waals surface area contributed by atoms with Gasteiger partial charge in [0.25, 0.3) is 5.79 Å². The van der Waals surface area contributed by atoms with Crippen LogP contribution in [0.3, 0.4) is 0 Å². The molecule has 0 aromatic heterocycles. The lowest BCUT2D eigenvalue weighted by Crippen LogP contribution is -2.52. The molecule has 0 heterocycles. The second kappa shape index (κ2) is 15.7. The van der Waals surface area contributed by atoms with Crippen LogP contribution in [0.5, 0.6) is 0 Å². The van der Waals surface area contributed by atoms with E-state index in [2.05, 4.69) is 6.92 Å². The van der Waals surface area contributed by atoms with Crippen LogP contribution >= 0.6 is 0 Å². The first-order chi connectivity index (χ1) is 13.6. The van der Waals surface area contributed by atoms with E-state index >= 15 is 0 Å². The Balaban J connectivity index is 3.80. The molecule has 6 heteroatoms. The van der Waals surface area contributed by atoms with Gasteiger partial charge in [0.15, 0.2) is 0 Å². The second-order valence-electron chi connectivity index (χ2n) is 9.43. The number of aliphatic carboxylic acids is 1. The van der Waals surface area contributed by atoms with Gasteiger partial charge in [-0.15, -0.1) is 0 Å². The molecule has 29 heavy (non-hydrogen) atoms. The van der Waals surface area contributed by atoms with Crippen molar-refractivity contribution in [3.63, 3.8) is 0 Å². The predicted molar refractivity (Wildman–Crippen MR) is 117 cm³/mol. The number of aliphatic hydroxyl groups is 1. The summed E-state index contributed by atoms with van der Waals surface area (Å²) in [6.45, 7) is 2.28. The van der Waals surface area contributed by atoms with Crippen LogP contribution in [0.25, 0.3) is 0 Å². The van der Waals surface area contributed by atoms with Crippen molar-refractivity contribution in [2.45, 2.75) is 109 Å². The molecule has 0 unspecified atom stereocenters. The van der Waals surface area contributed by atoms with E-state index in [9.17, 15) is 14.7 Å². The smallest absolute Gasteiger partial charge is 0.310 e. The maximum Gasteiger partial charge on any atom is 0.310 e. The van der Waals surface area contributed by atoms with Gasteiger partial charge in [-0.3, -0.25) is 9.59 Å². The molecular weight excluding hydrogens is 370 g/mol. The molecule has 0 aromatic carbocycles. The van der Waals surface area contributed by atoms with E-state index in [1.165, 1.54) is 64.2 Å². The monoisotopic (exact) mass is 416 g/mol. The van der Waals surface area contributed by atoms with Gasteiger partial charge >= 0.3 is 11.9 Å². The number of rotatable bonds is 19. The molecule has 0 radical (unpaired) electrons. The van der Waals surface area contributed by atoms with Crippen LogP contribution in [-0.2, 0) is 14.3 Å². The Hall–Kier alpha value is -1.14. The number of hydrogen-bond acceptors (Lipinski definition) is 4. The molecule has 0 aromatic rings. The van der Waals surface area contributed by atoms with Gasteiger partial charge in [-0.1, -0.05) is 84.0 Å². The summed E-state index contributed by atoms with van der Waals surface area (Å²) in [6, 6.07) is 0. The highest BCUT2D eigenvalue weighted by atomic mass is 16.7. The standard InChI is InChI=1S/C23H45NO5/c1-5-6-7-8-9-10-11-12-13-14-15-16-17-18-22(27)29-23(28,19-21(25)26)20-24(2,3)4/h28H,5-20H2,1-4H3/p+1/t23-/m1/s1. The lowest BCUT2D eigenvalue weighted by molar-refractivity contribution is -0.880. The molecule has 1 atom stereocenters. The summed E-state index contributed by atoms with van der Waals surface area (Å²) in [4.78, 5) is 23.1. The fourth-order valence-corrected chi connectivity index (χ4v) is 3.65. The van der Waals surface area contributed by atoms with E-state index in [4.69, 9.17) is 9.84 Å². The number of carboxylic acids is 1. The molecule has 0 aliphatic heterocycles. The van der Waals surface area contributed by atoms with E-state index in [-0.39, 0.29) is 13.0 Å². The van der Waals surface area contributed by atoms with E-state index in [1.54, 1.807) is 0 Å². The number of carbonyl (C=O) groups excluding carboxylic acids is 1. The van der Waals surface area contributed by atoms with Gasteiger partial charge in [-0.25, -0.2) is 0 Å². The molecule has 0 amide bonds. The van der Waals surface area contributed by atoms with Crippen LogP contribution in [0.1, 0.15) is 103 Å². The van der Waals surface area contributed by atoms with E-state index in [0.29, 0.717) is 10.9 Å². The van der Waals surface area contributed by atoms with Crippen molar-refractivity contribution in [2.24, 2.45) is 0 Å². The predicted octanol–water partition coefficient (Wildman–Crippen LogP) is 4.88. The summed E-state index contributed by atoms with van der Waals surface area (Å²) in [7, 11) is 5.44. The van der Waals surface area contributed by atoms with Crippen LogP contribution in [0, 0.1) is 0 Å². The summed E-state index contributed by atoms with van der Waals surface area (Å²) in [5.74, 6) is -3.67. The summed E-state index contributed by atoms with van der Waals surface area (Å²) >= 11 is 0. The fourth-order valence-electron chi connectivity index (χ4n) is 3.65. The molecule has 0 fully saturated rings. The quantitative estimate of drug-likeness (QED) is 0.136. The van der Waals surface area contributed by atoms with Gasteiger partial charge in [0.2, 0.25) is 0 Å². The number of carbonyl (C=O) groups is 2. The van der Waals surface area contributed by atoms with Crippen LogP contribution in [0.4, 0.5) is 0 Å². The van der Waals surface area contributed by atoms with Crippen LogP contribution < -0.4 is 0 Å². The Bertz CT molecular complexity index is 447. The molecule has 0 saturated heterocycles. The van der Waals surface area contributed by atoms with Crippen LogP contribution in [0.15, 0.2) is 0 Å². The Morgan fingerprint density at radius 3 is 1.59 bits per heavy atom. The second-order valence-corrected chi connectivity index (χ2v) is 9.43. The van der Waals surface area contributed by atoms with Crippen molar-refractivity contribution in [3.8, 4) is 0 Å². The zero-order valence-corrected chi connectivity index (χ0v) is 19.4. The topological polar surface area (TPSA) is 83.8 Å². The molecule has 0 saturated carbocycles. The first-order valence-corrected chi connectivity index (χ1v) is 11.5. The lowest BCUT2D eigenvalue weighted by atomic mass is 10.0. The summed E-state index contributed by atoms with van der Waals surface area (Å²) in [5, 5.41) is 19.5. The highest BCUT2D eigenvalue weighted by Crippen LogP contribution is 2.19. The molecule has 6 nitrogen and oxygen atoms in total. The van der Waals surface area contributed by atoms with Crippen molar-refractivity contribution < 1.29 is 29.0 Å². The number of likely N-dealkylation sites (N-methyl/N-ethyl adjacent to an activating group) is 1. The van der Waals surface area contributed by atoms with Crippen LogP contribution in [-0.4, -0.2) is 60.1 Å². The van der Waals surface area contributed by atoms with E-state index < -0.39 is 24.1 Å². The molecule has 0 bridgehead atoms. The van der Waals surface area contributed by atoms with E-state index in [0.717, 1.165) is 12.8 Å². The number of ether oxygens (including phenoxy) is 1. The van der Waals surface area contributed by atoms with Crippen molar-refractivity contribution in [2.75, 3.05) is 27.7 Å². The normalized spacial score (nSPS) is 13.8. The van der Waals surface area contributed by atoms with Gasteiger partial charge in [-0.05, 0) is 6.42 Å². The Kier molecular flexibility index (Phi) is 15.1. The number of unbranched alkanes of at least 4 members (excludes halogenated alkanes) is 12. The molecule has 0 aliphatic carbocycles. The Morgan fingerprint density at radius 1 is 0.793 bits per heavy atom. The van der Waals surface area contributed by atoms with Gasteiger partial charge < -0.3 is 19.4 Å². The molecule has 0 aliphatic rings. The Morgan fingerprint density at radius 2 is 1.21 bits per heavy atom. The van der Waals surface area contributed by atoms with Crippen molar-refractivity contribution in [1.29, 1.82) is 0 Å². The van der Waals surface area contributed by atoms with Gasteiger partial charge in [0, 0.05) is 6.42 Å². The van der Waals surface area contributed by atoms with Gasteiger partial charge in [-0.2, -0.15) is 0 Å². The minimum atomic E-state index is -1.96. The molecule has 172 valence electrons. The number of carboxylic acid groups (broad SMARTS) is 1. The molecule has 0 rings (SSSR count). The summed E-state index contributed by atoms with van der Waals surface area (Å²) in [6.07, 6.45) is 15.6. The highest BCUT2D eigenvalue weighted by Gasteiger charge is 2.40. The third-order valence-electron chi connectivity index (χ3n) is 4.94. The average molecular weight is 417 g/mol. The van der Waals surface area contributed by atoms with Crippen molar-refractivity contribution in [1.82, 2.24) is 0 Å². The summed E-state index contributed by atoms with van der Waals surface area (Å²) in [5.41, 5.74) is 0. The van der Waals surface area contributed by atoms with E-state index in [1.807, 2.05) is 21.1 Å². The lowest BCUT2D eigenvalue weighted by Gasteiger charge is -2.34. The molecule has 2 N–H and O–H groups in total. The van der Waals surface area contributed by atoms with Gasteiger partial charge in [0.05, 0.1) is 21.1 Å². The number of esters is 1. The summed E-state index contributed by atoms with van der Waals surface area (Å²) < 4.78 is 5.45. The number of quaternary nitrogens is 1. The number of hydrogen-bond donors (Lipinski definition) is 2. The third kappa shape index (κ3) is 18.6.